The van der Waals surface area contributed by atoms with Crippen LogP contribution in [0.1, 0.15) is 63.4 Å². The summed E-state index contributed by atoms with van der Waals surface area (Å²) in [6, 6.07) is 18.6. The van der Waals surface area contributed by atoms with Crippen LogP contribution in [-0.2, 0) is 12.3 Å². The van der Waals surface area contributed by atoms with Crippen LogP contribution in [-0.4, -0.2) is 5.11 Å². The lowest BCUT2D eigenvalue weighted by atomic mass is 9.85. The molecular formula is C27H34INOS. The molecule has 1 aliphatic carbocycles. The van der Waals surface area contributed by atoms with Gasteiger partial charge in [-0.1, -0.05) is 69.2 Å². The molecule has 3 aromatic rings. The van der Waals surface area contributed by atoms with Crippen LogP contribution in [0.3, 0.4) is 0 Å². The maximum Gasteiger partial charge on any atom is 0.212 e. The zero-order valence-corrected chi connectivity index (χ0v) is 21.3. The Hall–Kier alpha value is -1.27. The molecule has 31 heavy (non-hydrogen) atoms. The summed E-state index contributed by atoms with van der Waals surface area (Å²) in [7, 11) is 0. The number of aryl methyl sites for hydroxylation is 1. The number of fused-ring (bicyclic) bond motifs is 1. The molecule has 0 radical (unpaired) electrons. The van der Waals surface area contributed by atoms with E-state index in [1.165, 1.54) is 79.1 Å². The molecule has 1 aliphatic rings. The summed E-state index contributed by atoms with van der Waals surface area (Å²) in [6.45, 7) is 1.10. The molecule has 0 bridgehead atoms. The molecule has 1 heterocycles. The predicted octanol–water partition coefficient (Wildman–Crippen LogP) is 4.27. The second kappa shape index (κ2) is 12.7. The topological polar surface area (TPSA) is 24.1 Å². The minimum absolute atomic E-state index is 0. The zero-order chi connectivity index (χ0) is 20.6. The van der Waals surface area contributed by atoms with E-state index in [0.29, 0.717) is 5.75 Å². The number of hydrogen-bond donors (Lipinski definition) is 1. The molecule has 1 saturated carbocycles. The number of aromatic nitrogens is 1. The lowest BCUT2D eigenvalue weighted by Gasteiger charge is -2.21. The van der Waals surface area contributed by atoms with Gasteiger partial charge in [0.1, 0.15) is 12.3 Å². The summed E-state index contributed by atoms with van der Waals surface area (Å²) in [5.41, 5.74) is 2.57. The van der Waals surface area contributed by atoms with Gasteiger partial charge in [-0.3, -0.25) is 0 Å². The van der Waals surface area contributed by atoms with Crippen molar-refractivity contribution in [3.05, 3.63) is 66.4 Å². The van der Waals surface area contributed by atoms with E-state index in [-0.39, 0.29) is 24.0 Å². The Balaban J connectivity index is 0.00000272. The molecule has 0 amide bonds. The largest absolute Gasteiger partial charge is 1.00 e. The van der Waals surface area contributed by atoms with Crippen molar-refractivity contribution in [3.8, 4) is 5.75 Å². The van der Waals surface area contributed by atoms with E-state index in [1.807, 2.05) is 23.9 Å². The SMILES string of the molecule is Oc1ccc(CSc2cc3ccccc3[n+](CCCCCC3CCCCC3)c2)cc1.[I-]. The number of hydrogen-bond acceptors (Lipinski definition) is 2. The van der Waals surface area contributed by atoms with E-state index in [9.17, 15) is 5.11 Å². The monoisotopic (exact) mass is 547 g/mol. The van der Waals surface area contributed by atoms with Crippen molar-refractivity contribution in [2.75, 3.05) is 0 Å². The minimum Gasteiger partial charge on any atom is -1.00 e. The fraction of sp³-hybridized carbons (Fsp3) is 0.444. The summed E-state index contributed by atoms with van der Waals surface area (Å²) in [4.78, 5) is 1.31. The Morgan fingerprint density at radius 1 is 0.903 bits per heavy atom. The fourth-order valence-electron chi connectivity index (χ4n) is 4.68. The summed E-state index contributed by atoms with van der Waals surface area (Å²) >= 11 is 1.87. The number of phenolic OH excluding ortho intramolecular Hbond substituents is 1. The number of pyridine rings is 1. The molecule has 4 rings (SSSR count). The maximum atomic E-state index is 9.48. The molecule has 2 nitrogen and oxygen atoms in total. The van der Waals surface area contributed by atoms with Crippen LogP contribution >= 0.6 is 11.8 Å². The minimum atomic E-state index is 0. The lowest BCUT2D eigenvalue weighted by Crippen LogP contribution is -3.00. The third kappa shape index (κ3) is 7.38. The Kier molecular flexibility index (Phi) is 9.97. The molecule has 4 heteroatoms. The number of rotatable bonds is 9. The van der Waals surface area contributed by atoms with Gasteiger partial charge in [-0.05, 0) is 42.2 Å². The highest BCUT2D eigenvalue weighted by Crippen LogP contribution is 2.28. The Bertz CT molecular complexity index is 938. The first-order valence-corrected chi connectivity index (χ1v) is 12.6. The number of unbranched alkanes of at least 4 members (excludes halogenated alkanes) is 2. The quantitative estimate of drug-likeness (QED) is 0.187. The van der Waals surface area contributed by atoms with Gasteiger partial charge in [0.05, 0.1) is 4.90 Å². The van der Waals surface area contributed by atoms with Crippen molar-refractivity contribution < 1.29 is 33.7 Å². The van der Waals surface area contributed by atoms with Gasteiger partial charge in [0.15, 0.2) is 6.20 Å². The summed E-state index contributed by atoms with van der Waals surface area (Å²) in [6.07, 6.45) is 15.1. The van der Waals surface area contributed by atoms with Gasteiger partial charge in [-0.15, -0.1) is 11.8 Å². The van der Waals surface area contributed by atoms with E-state index in [0.717, 1.165) is 18.2 Å². The number of halogens is 1. The number of nitrogens with zero attached hydrogens (tertiary/aromatic N) is 1. The number of para-hydroxylation sites is 1. The van der Waals surface area contributed by atoms with Crippen molar-refractivity contribution >= 4 is 22.7 Å². The van der Waals surface area contributed by atoms with Crippen molar-refractivity contribution in [3.63, 3.8) is 0 Å². The molecule has 0 aliphatic heterocycles. The summed E-state index contributed by atoms with van der Waals surface area (Å²) < 4.78 is 2.45. The Morgan fingerprint density at radius 2 is 1.68 bits per heavy atom. The van der Waals surface area contributed by atoms with Crippen molar-refractivity contribution in [1.29, 1.82) is 0 Å². The molecule has 0 spiro atoms. The molecule has 2 aromatic carbocycles. The molecule has 0 atom stereocenters. The molecule has 0 saturated heterocycles. The molecule has 1 fully saturated rings. The van der Waals surface area contributed by atoms with Crippen LogP contribution in [0.25, 0.3) is 10.9 Å². The molecular weight excluding hydrogens is 513 g/mol. The van der Waals surface area contributed by atoms with Gasteiger partial charge in [0.25, 0.3) is 0 Å². The van der Waals surface area contributed by atoms with E-state index < -0.39 is 0 Å². The normalized spacial score (nSPS) is 14.5. The molecule has 1 N–H and O–H groups in total. The first-order valence-electron chi connectivity index (χ1n) is 11.6. The first-order chi connectivity index (χ1) is 14.8. The fourth-order valence-corrected chi connectivity index (χ4v) is 5.61. The highest BCUT2D eigenvalue weighted by Gasteiger charge is 2.14. The molecule has 1 aromatic heterocycles. The smallest absolute Gasteiger partial charge is 0.212 e. The number of benzene rings is 2. The first kappa shape index (κ1) is 24.4. The summed E-state index contributed by atoms with van der Waals surface area (Å²) in [5, 5.41) is 10.8. The second-order valence-corrected chi connectivity index (χ2v) is 9.79. The van der Waals surface area contributed by atoms with E-state index in [1.54, 1.807) is 12.1 Å². The Labute approximate surface area is 208 Å². The van der Waals surface area contributed by atoms with Gasteiger partial charge in [0.2, 0.25) is 5.52 Å². The van der Waals surface area contributed by atoms with Crippen LogP contribution in [0.5, 0.6) is 5.75 Å². The van der Waals surface area contributed by atoms with Crippen LogP contribution in [0, 0.1) is 5.92 Å². The van der Waals surface area contributed by atoms with Gasteiger partial charge in [-0.2, -0.15) is 4.57 Å². The zero-order valence-electron chi connectivity index (χ0n) is 18.3. The van der Waals surface area contributed by atoms with Crippen LogP contribution < -0.4 is 28.5 Å². The van der Waals surface area contributed by atoms with Gasteiger partial charge in [-0.25, -0.2) is 0 Å². The number of phenols is 1. The average Bonchev–Trinajstić information content (AvgIpc) is 2.79. The van der Waals surface area contributed by atoms with E-state index in [4.69, 9.17) is 0 Å². The van der Waals surface area contributed by atoms with Crippen molar-refractivity contribution in [2.45, 2.75) is 75.0 Å². The lowest BCUT2D eigenvalue weighted by molar-refractivity contribution is -0.673. The average molecular weight is 548 g/mol. The standard InChI is InChI=1S/C27H33NOS.HI/c29-25-16-14-23(15-17-25)21-30-26-19-24-12-6-7-13-27(24)28(20-26)18-8-2-5-11-22-9-3-1-4-10-22;/h6-7,12-17,19-20,22H,1-5,8-11,18,21H2;1H. The van der Waals surface area contributed by atoms with E-state index in [2.05, 4.69) is 41.1 Å². The highest BCUT2D eigenvalue weighted by atomic mass is 127. The van der Waals surface area contributed by atoms with Crippen LogP contribution in [0.2, 0.25) is 0 Å². The van der Waals surface area contributed by atoms with E-state index >= 15 is 0 Å². The second-order valence-electron chi connectivity index (χ2n) is 8.74. The maximum absolute atomic E-state index is 9.48. The number of aromatic hydroxyl groups is 1. The van der Waals surface area contributed by atoms with Gasteiger partial charge in [0, 0.05) is 23.6 Å². The third-order valence-electron chi connectivity index (χ3n) is 6.40. The van der Waals surface area contributed by atoms with Crippen LogP contribution in [0.4, 0.5) is 0 Å². The van der Waals surface area contributed by atoms with Crippen molar-refractivity contribution in [1.82, 2.24) is 0 Å². The third-order valence-corrected chi connectivity index (χ3v) is 7.44. The Morgan fingerprint density at radius 3 is 2.48 bits per heavy atom. The summed E-state index contributed by atoms with van der Waals surface area (Å²) in [5.74, 6) is 2.25. The van der Waals surface area contributed by atoms with Crippen LogP contribution in [0.15, 0.2) is 65.7 Å². The van der Waals surface area contributed by atoms with Crippen molar-refractivity contribution in [2.24, 2.45) is 5.92 Å². The number of thioether (sulfide) groups is 1. The molecule has 166 valence electrons. The van der Waals surface area contributed by atoms with Gasteiger partial charge < -0.3 is 29.1 Å². The predicted molar refractivity (Wildman–Crippen MR) is 127 cm³/mol. The van der Waals surface area contributed by atoms with Gasteiger partial charge >= 0.3 is 0 Å². The molecule has 0 unspecified atom stereocenters. The highest BCUT2D eigenvalue weighted by molar-refractivity contribution is 7.98.